The molecule has 0 fully saturated rings. The Hall–Kier alpha value is -3.41. The van der Waals surface area contributed by atoms with E-state index in [2.05, 4.69) is 106 Å². The molecule has 0 saturated heterocycles. The Morgan fingerprint density at radius 3 is 0.772 bits per heavy atom. The van der Waals surface area contributed by atoms with E-state index in [1.807, 2.05) is 0 Å². The summed E-state index contributed by atoms with van der Waals surface area (Å²) in [7, 11) is 0. The lowest BCUT2D eigenvalue weighted by Crippen LogP contribution is -2.30. The number of carbonyl (C=O) groups is 3. The van der Waals surface area contributed by atoms with Gasteiger partial charge in [-0.1, -0.05) is 311 Å². The fourth-order valence-corrected chi connectivity index (χ4v) is 9.80. The number of hydrogen-bond donors (Lipinski definition) is 0. The fourth-order valence-electron chi connectivity index (χ4n) is 9.80. The monoisotopic (exact) mass is 1100 g/mol. The van der Waals surface area contributed by atoms with Crippen LogP contribution in [0.2, 0.25) is 0 Å². The van der Waals surface area contributed by atoms with Crippen molar-refractivity contribution in [2.24, 2.45) is 0 Å². The zero-order valence-electron chi connectivity index (χ0n) is 52.4. The van der Waals surface area contributed by atoms with E-state index in [0.717, 1.165) is 103 Å². The molecule has 0 N–H and O–H groups in total. The molecule has 0 spiro atoms. The second kappa shape index (κ2) is 67.1. The highest BCUT2D eigenvalue weighted by Gasteiger charge is 2.19. The van der Waals surface area contributed by atoms with E-state index in [9.17, 15) is 14.4 Å². The first-order valence-corrected chi connectivity index (χ1v) is 34.1. The summed E-state index contributed by atoms with van der Waals surface area (Å²) in [5, 5.41) is 0. The van der Waals surface area contributed by atoms with Crippen molar-refractivity contribution in [2.75, 3.05) is 13.2 Å². The van der Waals surface area contributed by atoms with E-state index in [-0.39, 0.29) is 31.1 Å². The third kappa shape index (κ3) is 65.3. The highest BCUT2D eigenvalue weighted by molar-refractivity contribution is 5.71. The number of allylic oxidation sites excluding steroid dienone is 14. The molecule has 0 aromatic rings. The van der Waals surface area contributed by atoms with Crippen LogP contribution in [0.1, 0.15) is 342 Å². The van der Waals surface area contributed by atoms with E-state index >= 15 is 0 Å². The van der Waals surface area contributed by atoms with Crippen LogP contribution in [0, 0.1) is 0 Å². The maximum atomic E-state index is 12.9. The smallest absolute Gasteiger partial charge is 0.306 e. The zero-order valence-corrected chi connectivity index (χ0v) is 52.4. The average Bonchev–Trinajstić information content (AvgIpc) is 3.45. The van der Waals surface area contributed by atoms with Crippen LogP contribution in [0.5, 0.6) is 0 Å². The van der Waals surface area contributed by atoms with Gasteiger partial charge < -0.3 is 14.2 Å². The van der Waals surface area contributed by atoms with Crippen LogP contribution < -0.4 is 0 Å². The van der Waals surface area contributed by atoms with Gasteiger partial charge in [0, 0.05) is 19.3 Å². The first-order chi connectivity index (χ1) is 39.0. The molecule has 0 aliphatic heterocycles. The molecule has 6 heteroatoms. The molecule has 1 atom stereocenters. The number of unbranched alkanes of at least 4 members (excludes halogenated alkanes) is 37. The molecule has 6 nitrogen and oxygen atoms in total. The van der Waals surface area contributed by atoms with Crippen LogP contribution in [0.15, 0.2) is 85.1 Å². The topological polar surface area (TPSA) is 78.9 Å². The van der Waals surface area contributed by atoms with Crippen molar-refractivity contribution in [3.8, 4) is 0 Å². The van der Waals surface area contributed by atoms with Crippen molar-refractivity contribution >= 4 is 17.9 Å². The molecule has 0 aliphatic carbocycles. The first kappa shape index (κ1) is 75.6. The maximum absolute atomic E-state index is 12.9. The van der Waals surface area contributed by atoms with Crippen molar-refractivity contribution in [1.82, 2.24) is 0 Å². The van der Waals surface area contributed by atoms with Gasteiger partial charge in [0.15, 0.2) is 6.10 Å². The summed E-state index contributed by atoms with van der Waals surface area (Å²) in [4.78, 5) is 38.3. The fraction of sp³-hybridized carbons (Fsp3) is 0.767. The van der Waals surface area contributed by atoms with Gasteiger partial charge in [-0.15, -0.1) is 0 Å². The summed E-state index contributed by atoms with van der Waals surface area (Å²) in [5.74, 6) is -0.876. The standard InChI is InChI=1S/C73H128O6/c1-4-7-10-13-16-19-21-23-25-27-29-31-33-34-35-36-37-38-40-41-43-45-47-49-51-54-57-60-63-66-72(75)78-69-70(68-77-71(74)65-62-59-56-53-18-15-12-9-6-3)79-73(76)67-64-61-58-55-52-50-48-46-44-42-39-32-30-28-26-24-22-20-17-14-11-8-5-2/h8,11,17,20-21,23-24,26-27,29-30,32,42,44,70H,4-7,9-10,12-16,18-19,22,25,28,31,33-41,43,45-69H2,1-3H3/b11-8-,20-17-,23-21-,26-24-,29-27-,32-30-,44-42-. The molecule has 0 aliphatic rings. The Bertz CT molecular complexity index is 1500. The third-order valence-electron chi connectivity index (χ3n) is 14.9. The van der Waals surface area contributed by atoms with Crippen molar-refractivity contribution in [3.63, 3.8) is 0 Å². The minimum Gasteiger partial charge on any atom is -0.462 e. The van der Waals surface area contributed by atoms with Crippen molar-refractivity contribution in [1.29, 1.82) is 0 Å². The number of hydrogen-bond acceptors (Lipinski definition) is 6. The Kier molecular flexibility index (Phi) is 64.2. The molecule has 0 heterocycles. The van der Waals surface area contributed by atoms with Crippen LogP contribution >= 0.6 is 0 Å². The van der Waals surface area contributed by atoms with Crippen molar-refractivity contribution in [3.05, 3.63) is 85.1 Å². The molecule has 456 valence electrons. The minimum atomic E-state index is -0.781. The van der Waals surface area contributed by atoms with Gasteiger partial charge in [-0.3, -0.25) is 14.4 Å². The lowest BCUT2D eigenvalue weighted by molar-refractivity contribution is -0.167. The Balaban J connectivity index is 4.16. The van der Waals surface area contributed by atoms with E-state index in [1.165, 1.54) is 199 Å². The van der Waals surface area contributed by atoms with Crippen LogP contribution in [0.3, 0.4) is 0 Å². The average molecular weight is 1100 g/mol. The van der Waals surface area contributed by atoms with Crippen LogP contribution in [0.25, 0.3) is 0 Å². The van der Waals surface area contributed by atoms with Crippen LogP contribution in [-0.4, -0.2) is 37.2 Å². The first-order valence-electron chi connectivity index (χ1n) is 34.1. The molecule has 0 rings (SSSR count). The lowest BCUT2D eigenvalue weighted by Gasteiger charge is -2.18. The van der Waals surface area contributed by atoms with E-state index in [0.29, 0.717) is 19.3 Å². The van der Waals surface area contributed by atoms with Crippen LogP contribution in [0.4, 0.5) is 0 Å². The Morgan fingerprint density at radius 1 is 0.266 bits per heavy atom. The van der Waals surface area contributed by atoms with Gasteiger partial charge in [0.05, 0.1) is 0 Å². The summed E-state index contributed by atoms with van der Waals surface area (Å²) in [6, 6.07) is 0. The lowest BCUT2D eigenvalue weighted by atomic mass is 10.0. The maximum Gasteiger partial charge on any atom is 0.306 e. The van der Waals surface area contributed by atoms with Gasteiger partial charge in [0.1, 0.15) is 13.2 Å². The Labute approximate surface area is 490 Å². The number of esters is 3. The van der Waals surface area contributed by atoms with Crippen molar-refractivity contribution in [2.45, 2.75) is 348 Å². The van der Waals surface area contributed by atoms with E-state index < -0.39 is 6.10 Å². The number of rotatable bonds is 62. The van der Waals surface area contributed by atoms with E-state index in [4.69, 9.17) is 14.2 Å². The second-order valence-electron chi connectivity index (χ2n) is 22.7. The van der Waals surface area contributed by atoms with Gasteiger partial charge in [-0.2, -0.15) is 0 Å². The summed E-state index contributed by atoms with van der Waals surface area (Å²) in [6.45, 7) is 6.52. The van der Waals surface area contributed by atoms with Gasteiger partial charge in [0.2, 0.25) is 0 Å². The summed E-state index contributed by atoms with van der Waals surface area (Å²) in [6.07, 6.45) is 89.0. The summed E-state index contributed by atoms with van der Waals surface area (Å²) in [5.41, 5.74) is 0. The molecular formula is C73H128O6. The second-order valence-corrected chi connectivity index (χ2v) is 22.7. The minimum absolute atomic E-state index is 0.0776. The number of carbonyl (C=O) groups excluding carboxylic acids is 3. The summed E-state index contributed by atoms with van der Waals surface area (Å²) >= 11 is 0. The SMILES string of the molecule is CC/C=C\C/C=C\C/C=C\C/C=C\C/C=C\CCCCCCCCCC(=O)OC(COC(=O)CCCCCCCCCCC)COC(=O)CCCCCCCCCCCCCCCCCCC/C=C\C/C=C\CCCCCCC. The Morgan fingerprint density at radius 2 is 0.494 bits per heavy atom. The van der Waals surface area contributed by atoms with Crippen LogP contribution in [-0.2, 0) is 28.6 Å². The predicted molar refractivity (Wildman–Crippen MR) is 344 cm³/mol. The molecule has 1 unspecified atom stereocenters. The molecule has 79 heavy (non-hydrogen) atoms. The normalized spacial score (nSPS) is 12.6. The van der Waals surface area contributed by atoms with Gasteiger partial charge in [0.25, 0.3) is 0 Å². The van der Waals surface area contributed by atoms with Gasteiger partial charge >= 0.3 is 17.9 Å². The van der Waals surface area contributed by atoms with Gasteiger partial charge in [-0.05, 0) is 96.3 Å². The highest BCUT2D eigenvalue weighted by Crippen LogP contribution is 2.17. The summed E-state index contributed by atoms with van der Waals surface area (Å²) < 4.78 is 16.9. The molecular weight excluding hydrogens is 973 g/mol. The molecule has 0 radical (unpaired) electrons. The zero-order chi connectivity index (χ0) is 57.1. The van der Waals surface area contributed by atoms with Gasteiger partial charge in [-0.25, -0.2) is 0 Å². The molecule has 0 aromatic carbocycles. The molecule has 0 aromatic heterocycles. The quantitative estimate of drug-likeness (QED) is 0.0261. The van der Waals surface area contributed by atoms with Crippen molar-refractivity contribution < 1.29 is 28.6 Å². The van der Waals surface area contributed by atoms with E-state index in [1.54, 1.807) is 0 Å². The molecule has 0 bridgehead atoms. The highest BCUT2D eigenvalue weighted by atomic mass is 16.6. The molecule has 0 saturated carbocycles. The number of ether oxygens (including phenoxy) is 3. The largest absolute Gasteiger partial charge is 0.462 e. The molecule has 0 amide bonds. The predicted octanol–water partition coefficient (Wildman–Crippen LogP) is 23.4. The third-order valence-corrected chi connectivity index (χ3v) is 14.9.